The van der Waals surface area contributed by atoms with Crippen LogP contribution in [0.4, 0.5) is 0 Å². The van der Waals surface area contributed by atoms with Gasteiger partial charge in [-0.3, -0.25) is 4.99 Å². The summed E-state index contributed by atoms with van der Waals surface area (Å²) in [4.78, 5) is 4.30. The monoisotopic (exact) mass is 367 g/mol. The van der Waals surface area contributed by atoms with E-state index in [1.165, 1.54) is 19.3 Å². The zero-order valence-electron chi connectivity index (χ0n) is 11.8. The molecule has 2 aliphatic rings. The van der Waals surface area contributed by atoms with Crippen LogP contribution in [0.5, 0.6) is 0 Å². The molecule has 18 heavy (non-hydrogen) atoms. The second-order valence-electron chi connectivity index (χ2n) is 5.82. The van der Waals surface area contributed by atoms with Gasteiger partial charge in [-0.15, -0.1) is 24.0 Å². The van der Waals surface area contributed by atoms with E-state index in [9.17, 15) is 0 Å². The highest BCUT2D eigenvalue weighted by atomic mass is 127. The molecule has 4 nitrogen and oxygen atoms in total. The fourth-order valence-electron chi connectivity index (χ4n) is 2.61. The number of aliphatic imine (C=N–C) groups is 1. The molecule has 2 N–H and O–H groups in total. The molecule has 0 aromatic carbocycles. The summed E-state index contributed by atoms with van der Waals surface area (Å²) in [5, 5.41) is 6.99. The first-order chi connectivity index (χ1) is 8.07. The van der Waals surface area contributed by atoms with Crippen molar-refractivity contribution in [1.29, 1.82) is 0 Å². The molecule has 0 aromatic rings. The maximum Gasteiger partial charge on any atom is 0.191 e. The molecule has 2 fully saturated rings. The van der Waals surface area contributed by atoms with Crippen LogP contribution in [0.25, 0.3) is 0 Å². The molecule has 2 unspecified atom stereocenters. The Bertz CT molecular complexity index is 303. The van der Waals surface area contributed by atoms with Crippen molar-refractivity contribution in [3.05, 3.63) is 0 Å². The Morgan fingerprint density at radius 1 is 1.28 bits per heavy atom. The molecule has 106 valence electrons. The average Bonchev–Trinajstić information content (AvgIpc) is 2.25. The van der Waals surface area contributed by atoms with Gasteiger partial charge in [0, 0.05) is 31.7 Å². The van der Waals surface area contributed by atoms with E-state index in [1.54, 1.807) is 7.11 Å². The molecular formula is C13H26IN3O. The zero-order valence-corrected chi connectivity index (χ0v) is 14.2. The van der Waals surface area contributed by atoms with Crippen LogP contribution in [0.3, 0.4) is 0 Å². The lowest BCUT2D eigenvalue weighted by molar-refractivity contribution is -0.0923. The third kappa shape index (κ3) is 3.10. The summed E-state index contributed by atoms with van der Waals surface area (Å²) in [7, 11) is 3.64. The second kappa shape index (κ2) is 6.41. The maximum absolute atomic E-state index is 5.46. The largest absolute Gasteiger partial charge is 0.381 e. The molecule has 2 saturated carbocycles. The molecule has 0 spiro atoms. The van der Waals surface area contributed by atoms with E-state index in [-0.39, 0.29) is 29.4 Å². The molecule has 0 aliphatic heterocycles. The van der Waals surface area contributed by atoms with Crippen molar-refractivity contribution in [3.8, 4) is 0 Å². The van der Waals surface area contributed by atoms with E-state index in [4.69, 9.17) is 4.74 Å². The third-order valence-corrected chi connectivity index (χ3v) is 4.44. The van der Waals surface area contributed by atoms with Crippen molar-refractivity contribution in [3.63, 3.8) is 0 Å². The second-order valence-corrected chi connectivity index (χ2v) is 5.82. The fraction of sp³-hybridized carbons (Fsp3) is 0.923. The van der Waals surface area contributed by atoms with E-state index in [0.717, 1.165) is 12.4 Å². The van der Waals surface area contributed by atoms with E-state index in [0.29, 0.717) is 18.2 Å². The summed E-state index contributed by atoms with van der Waals surface area (Å²) in [6, 6.07) is 1.08. The van der Waals surface area contributed by atoms with Crippen molar-refractivity contribution < 1.29 is 4.74 Å². The lowest BCUT2D eigenvalue weighted by Gasteiger charge is -2.51. The van der Waals surface area contributed by atoms with Gasteiger partial charge in [-0.05, 0) is 25.7 Å². The van der Waals surface area contributed by atoms with Gasteiger partial charge in [0.15, 0.2) is 5.96 Å². The summed E-state index contributed by atoms with van der Waals surface area (Å²) in [5.74, 6) is 0.947. The van der Waals surface area contributed by atoms with Gasteiger partial charge in [0.1, 0.15) is 0 Å². The Morgan fingerprint density at radius 2 is 1.94 bits per heavy atom. The summed E-state index contributed by atoms with van der Waals surface area (Å²) in [5.41, 5.74) is 0.186. The number of ether oxygens (including phenoxy) is 1. The van der Waals surface area contributed by atoms with Gasteiger partial charge in [-0.1, -0.05) is 13.8 Å². The Balaban J connectivity index is 0.00000162. The van der Waals surface area contributed by atoms with Crippen LogP contribution in [-0.2, 0) is 4.74 Å². The molecule has 0 heterocycles. The number of rotatable bonds is 3. The highest BCUT2D eigenvalue weighted by Crippen LogP contribution is 2.42. The number of hydrogen-bond donors (Lipinski definition) is 2. The molecular weight excluding hydrogens is 341 g/mol. The van der Waals surface area contributed by atoms with E-state index < -0.39 is 0 Å². The minimum Gasteiger partial charge on any atom is -0.381 e. The maximum atomic E-state index is 5.46. The van der Waals surface area contributed by atoms with Gasteiger partial charge < -0.3 is 15.4 Å². The van der Waals surface area contributed by atoms with Crippen molar-refractivity contribution in [2.45, 2.75) is 57.7 Å². The van der Waals surface area contributed by atoms with Gasteiger partial charge in [0.2, 0.25) is 0 Å². The lowest BCUT2D eigenvalue weighted by Crippen LogP contribution is -2.64. The number of halogens is 1. The average molecular weight is 367 g/mol. The van der Waals surface area contributed by atoms with Gasteiger partial charge in [0.05, 0.1) is 6.10 Å². The highest BCUT2D eigenvalue weighted by Gasteiger charge is 2.49. The number of methoxy groups -OCH3 is 1. The zero-order chi connectivity index (χ0) is 12.5. The van der Waals surface area contributed by atoms with E-state index in [2.05, 4.69) is 29.5 Å². The minimum absolute atomic E-state index is 0. The van der Waals surface area contributed by atoms with Crippen molar-refractivity contribution in [2.24, 2.45) is 10.4 Å². The molecule has 0 radical (unpaired) electrons. The van der Waals surface area contributed by atoms with Gasteiger partial charge >= 0.3 is 0 Å². The van der Waals surface area contributed by atoms with E-state index >= 15 is 0 Å². The Hall–Kier alpha value is -0.0400. The predicted octanol–water partition coefficient (Wildman–Crippen LogP) is 2.14. The SMILES string of the molecule is CN=C(NC1CCC1)NC1CC(OC)C1(C)C.I. The standard InChI is InChI=1S/C13H25N3O.HI/c1-13(2)10(8-11(13)17-4)16-12(14-3)15-9-6-5-7-9;/h9-11H,5-8H2,1-4H3,(H2,14,15,16);1H. The number of hydrogen-bond acceptors (Lipinski definition) is 2. The Kier molecular flexibility index (Phi) is 5.70. The van der Waals surface area contributed by atoms with Crippen LogP contribution < -0.4 is 10.6 Å². The van der Waals surface area contributed by atoms with Gasteiger partial charge in [0.25, 0.3) is 0 Å². The molecule has 0 saturated heterocycles. The summed E-state index contributed by atoms with van der Waals surface area (Å²) >= 11 is 0. The lowest BCUT2D eigenvalue weighted by atomic mass is 9.64. The summed E-state index contributed by atoms with van der Waals surface area (Å²) in [6.07, 6.45) is 5.32. The first kappa shape index (κ1) is 16.0. The van der Waals surface area contributed by atoms with Gasteiger partial charge in [-0.25, -0.2) is 0 Å². The van der Waals surface area contributed by atoms with Crippen molar-refractivity contribution in [1.82, 2.24) is 10.6 Å². The highest BCUT2D eigenvalue weighted by molar-refractivity contribution is 14.0. The molecule has 0 amide bonds. The first-order valence-corrected chi connectivity index (χ1v) is 6.60. The predicted molar refractivity (Wildman–Crippen MR) is 85.7 cm³/mol. The van der Waals surface area contributed by atoms with Crippen LogP contribution in [0.1, 0.15) is 39.5 Å². The summed E-state index contributed by atoms with van der Waals surface area (Å²) < 4.78 is 5.46. The molecule has 2 rings (SSSR count). The normalized spacial score (nSPS) is 30.8. The van der Waals surface area contributed by atoms with Crippen LogP contribution in [0.2, 0.25) is 0 Å². The fourth-order valence-corrected chi connectivity index (χ4v) is 2.61. The first-order valence-electron chi connectivity index (χ1n) is 6.60. The van der Waals surface area contributed by atoms with Gasteiger partial charge in [-0.2, -0.15) is 0 Å². The smallest absolute Gasteiger partial charge is 0.191 e. The number of nitrogens with zero attached hydrogens (tertiary/aromatic N) is 1. The molecule has 2 aliphatic carbocycles. The van der Waals surface area contributed by atoms with Crippen molar-refractivity contribution >= 4 is 29.9 Å². The topological polar surface area (TPSA) is 45.7 Å². The van der Waals surface area contributed by atoms with Crippen LogP contribution in [-0.4, -0.2) is 38.3 Å². The summed E-state index contributed by atoms with van der Waals surface area (Å²) in [6.45, 7) is 4.50. The third-order valence-electron chi connectivity index (χ3n) is 4.44. The molecule has 2 atom stereocenters. The Morgan fingerprint density at radius 3 is 2.33 bits per heavy atom. The molecule has 0 aromatic heterocycles. The minimum atomic E-state index is 0. The van der Waals surface area contributed by atoms with E-state index in [1.807, 2.05) is 7.05 Å². The van der Waals surface area contributed by atoms with Crippen LogP contribution in [0, 0.1) is 5.41 Å². The quantitative estimate of drug-likeness (QED) is 0.457. The van der Waals surface area contributed by atoms with Crippen molar-refractivity contribution in [2.75, 3.05) is 14.2 Å². The number of guanidine groups is 1. The van der Waals surface area contributed by atoms with Crippen LogP contribution in [0.15, 0.2) is 4.99 Å². The molecule has 5 heteroatoms. The Labute approximate surface area is 127 Å². The van der Waals surface area contributed by atoms with Crippen LogP contribution >= 0.6 is 24.0 Å². The number of nitrogens with one attached hydrogen (secondary N) is 2. The molecule has 0 bridgehead atoms.